The molecule has 0 saturated carbocycles. The number of para-hydroxylation sites is 1. The molecule has 4 aliphatic rings. The highest BCUT2D eigenvalue weighted by Gasteiger charge is 2.53. The molecule has 1 unspecified atom stereocenters. The molecule has 1 N–H and O–H groups in total. The van der Waals surface area contributed by atoms with E-state index < -0.39 is 0 Å². The van der Waals surface area contributed by atoms with Gasteiger partial charge in [0.1, 0.15) is 0 Å². The van der Waals surface area contributed by atoms with Crippen molar-refractivity contribution in [2.75, 3.05) is 51.1 Å². The molecule has 4 amide bonds. The number of fused-ring (bicyclic) bond motifs is 1. The molecule has 40 heavy (non-hydrogen) atoms. The van der Waals surface area contributed by atoms with E-state index in [0.29, 0.717) is 19.6 Å². The van der Waals surface area contributed by atoms with Crippen LogP contribution in [0.15, 0.2) is 24.3 Å². The van der Waals surface area contributed by atoms with Crippen molar-refractivity contribution in [3.63, 3.8) is 0 Å². The number of nitrogens with zero attached hydrogens (tertiary/aromatic N) is 4. The number of likely N-dealkylation sites (tertiary alicyclic amines) is 2. The lowest BCUT2D eigenvalue weighted by Gasteiger charge is -2.44. The first-order chi connectivity index (χ1) is 19.1. The minimum absolute atomic E-state index is 0. The van der Waals surface area contributed by atoms with E-state index in [-0.39, 0.29) is 47.3 Å². The van der Waals surface area contributed by atoms with Crippen LogP contribution in [-0.4, -0.2) is 99.4 Å². The van der Waals surface area contributed by atoms with Crippen LogP contribution in [0.4, 0.5) is 10.5 Å². The highest BCUT2D eigenvalue weighted by molar-refractivity contribution is 8.02. The Morgan fingerprint density at radius 3 is 2.45 bits per heavy atom. The summed E-state index contributed by atoms with van der Waals surface area (Å²) >= 11 is 1.77. The molecule has 222 valence electrons. The number of carbonyl (C=O) groups excluding carboxylic acids is 3. The predicted octanol–water partition coefficient (Wildman–Crippen LogP) is 4.90. The Balaban J connectivity index is 0.00000387. The molecule has 1 spiro atoms. The summed E-state index contributed by atoms with van der Waals surface area (Å²) in [5.74, 6) is 0.235. The number of anilines is 1. The van der Waals surface area contributed by atoms with Gasteiger partial charge in [-0.1, -0.05) is 45.9 Å². The highest BCUT2D eigenvalue weighted by atomic mass is 32.2. The number of rotatable bonds is 6. The number of amides is 4. The molecule has 9 heteroatoms. The van der Waals surface area contributed by atoms with Crippen molar-refractivity contribution in [2.45, 2.75) is 88.8 Å². The molecular formula is C31H49N5O3S. The van der Waals surface area contributed by atoms with E-state index in [9.17, 15) is 14.4 Å². The van der Waals surface area contributed by atoms with Crippen LogP contribution in [0.25, 0.3) is 0 Å². The summed E-state index contributed by atoms with van der Waals surface area (Å²) in [5.41, 5.74) is 2.22. The number of hydrogen-bond acceptors (Lipinski definition) is 5. The van der Waals surface area contributed by atoms with E-state index in [2.05, 4.69) is 48.9 Å². The molecule has 1 aromatic carbocycles. The molecule has 5 rings (SSSR count). The average Bonchev–Trinajstić information content (AvgIpc) is 3.06. The van der Waals surface area contributed by atoms with Crippen molar-refractivity contribution >= 4 is 35.3 Å². The monoisotopic (exact) mass is 571 g/mol. The minimum atomic E-state index is -0.298. The van der Waals surface area contributed by atoms with Crippen molar-refractivity contribution in [2.24, 2.45) is 5.41 Å². The average molecular weight is 572 g/mol. The molecule has 0 aromatic heterocycles. The van der Waals surface area contributed by atoms with Crippen molar-refractivity contribution in [3.8, 4) is 0 Å². The van der Waals surface area contributed by atoms with Crippen LogP contribution in [-0.2, 0) is 16.0 Å². The van der Waals surface area contributed by atoms with Crippen molar-refractivity contribution < 1.29 is 15.8 Å². The lowest BCUT2D eigenvalue weighted by Crippen LogP contribution is -2.52. The van der Waals surface area contributed by atoms with Crippen LogP contribution in [0, 0.1) is 5.41 Å². The number of carbonyl (C=O) groups is 3. The summed E-state index contributed by atoms with van der Waals surface area (Å²) in [5, 5.41) is 2.78. The maximum absolute atomic E-state index is 13.8. The van der Waals surface area contributed by atoms with Gasteiger partial charge in [-0.25, -0.2) is 4.79 Å². The standard InChI is InChI=1S/C31H47N5O3S.H2/c1-5-33-19-14-31(15-20-33)36(21-13-30(2,3)4)28(38)26(40-31)22-27(37)34-16-11-24(12-17-34)35-18-10-23-8-6-7-9-25(23)32-29(35)39;/h6-9,24,26H,5,10-22H2,1-4H3,(H,32,39);1H. The Bertz CT molecular complexity index is 1100. The summed E-state index contributed by atoms with van der Waals surface area (Å²) in [4.78, 5) is 48.5. The molecule has 4 heterocycles. The van der Waals surface area contributed by atoms with Gasteiger partial charge in [0.05, 0.1) is 10.1 Å². The normalized spacial score (nSPS) is 24.3. The summed E-state index contributed by atoms with van der Waals surface area (Å²) in [6.45, 7) is 14.7. The van der Waals surface area contributed by atoms with Crippen LogP contribution >= 0.6 is 11.8 Å². The van der Waals surface area contributed by atoms with Crippen LogP contribution < -0.4 is 5.32 Å². The van der Waals surface area contributed by atoms with Gasteiger partial charge in [0.25, 0.3) is 0 Å². The zero-order valence-corrected chi connectivity index (χ0v) is 25.6. The molecule has 3 saturated heterocycles. The number of urea groups is 1. The Labute approximate surface area is 245 Å². The molecule has 0 radical (unpaired) electrons. The molecule has 3 fully saturated rings. The molecule has 1 aromatic rings. The third-order valence-electron chi connectivity index (χ3n) is 9.32. The number of thioether (sulfide) groups is 1. The van der Waals surface area contributed by atoms with E-state index in [1.54, 1.807) is 11.8 Å². The Hall–Kier alpha value is -2.26. The van der Waals surface area contributed by atoms with E-state index >= 15 is 0 Å². The van der Waals surface area contributed by atoms with Crippen molar-refractivity contribution in [3.05, 3.63) is 29.8 Å². The Morgan fingerprint density at radius 2 is 1.77 bits per heavy atom. The van der Waals surface area contributed by atoms with Gasteiger partial charge in [-0.2, -0.15) is 0 Å². The van der Waals surface area contributed by atoms with Gasteiger partial charge in [-0.05, 0) is 62.1 Å². The summed E-state index contributed by atoms with van der Waals surface area (Å²) in [6.07, 6.45) is 5.56. The van der Waals surface area contributed by atoms with Crippen LogP contribution in [0.2, 0.25) is 0 Å². The van der Waals surface area contributed by atoms with E-state index in [1.165, 1.54) is 5.56 Å². The summed E-state index contributed by atoms with van der Waals surface area (Å²) in [6, 6.07) is 8.08. The molecule has 1 atom stereocenters. The van der Waals surface area contributed by atoms with Gasteiger partial charge in [0.2, 0.25) is 11.8 Å². The van der Waals surface area contributed by atoms with Gasteiger partial charge in [0.15, 0.2) is 0 Å². The van der Waals surface area contributed by atoms with Crippen LogP contribution in [0.3, 0.4) is 0 Å². The molecular weight excluding hydrogens is 522 g/mol. The number of nitrogens with one attached hydrogen (secondary N) is 1. The minimum Gasteiger partial charge on any atom is -0.342 e. The van der Waals surface area contributed by atoms with Gasteiger partial charge in [0, 0.05) is 58.8 Å². The maximum Gasteiger partial charge on any atom is 0.322 e. The van der Waals surface area contributed by atoms with Gasteiger partial charge < -0.3 is 24.9 Å². The van der Waals surface area contributed by atoms with E-state index in [1.807, 2.05) is 28.0 Å². The van der Waals surface area contributed by atoms with Crippen molar-refractivity contribution in [1.82, 2.24) is 19.6 Å². The van der Waals surface area contributed by atoms with Gasteiger partial charge in [-0.15, -0.1) is 11.8 Å². The summed E-state index contributed by atoms with van der Waals surface area (Å²) < 4.78 is 0. The van der Waals surface area contributed by atoms with E-state index in [4.69, 9.17) is 0 Å². The predicted molar refractivity (Wildman–Crippen MR) is 163 cm³/mol. The number of benzene rings is 1. The SMILES string of the molecule is CCN1CCC2(CC1)SC(CC(=O)N1CCC(N3CCc4ccccc4NC3=O)CC1)C(=O)N2CCC(C)(C)C.[HH]. The third-order valence-corrected chi connectivity index (χ3v) is 11.0. The first kappa shape index (κ1) is 29.2. The zero-order valence-electron chi connectivity index (χ0n) is 24.8. The van der Waals surface area contributed by atoms with Crippen molar-refractivity contribution in [1.29, 1.82) is 0 Å². The fourth-order valence-electron chi connectivity index (χ4n) is 6.70. The zero-order chi connectivity index (χ0) is 28.5. The largest absolute Gasteiger partial charge is 0.342 e. The first-order valence-electron chi connectivity index (χ1n) is 15.2. The molecule has 4 aliphatic heterocycles. The molecule has 8 nitrogen and oxygen atoms in total. The Kier molecular flexibility index (Phi) is 8.72. The van der Waals surface area contributed by atoms with Crippen LogP contribution in [0.5, 0.6) is 0 Å². The molecule has 0 aliphatic carbocycles. The lowest BCUT2D eigenvalue weighted by molar-refractivity contribution is -0.138. The van der Waals surface area contributed by atoms with E-state index in [0.717, 1.165) is 70.4 Å². The summed E-state index contributed by atoms with van der Waals surface area (Å²) in [7, 11) is 0. The van der Waals surface area contributed by atoms with Crippen LogP contribution in [0.1, 0.15) is 73.2 Å². The fraction of sp³-hybridized carbons (Fsp3) is 0.710. The quantitative estimate of drug-likeness (QED) is 0.526. The second-order valence-corrected chi connectivity index (χ2v) is 14.7. The number of hydrogen-bond donors (Lipinski definition) is 1. The topological polar surface area (TPSA) is 76.2 Å². The highest BCUT2D eigenvalue weighted by Crippen LogP contribution is 2.49. The van der Waals surface area contributed by atoms with Gasteiger partial charge >= 0.3 is 6.03 Å². The molecule has 0 bridgehead atoms. The second kappa shape index (κ2) is 11.9. The first-order valence-corrected chi connectivity index (χ1v) is 16.1. The Morgan fingerprint density at radius 1 is 1.07 bits per heavy atom. The smallest absolute Gasteiger partial charge is 0.322 e. The third kappa shape index (κ3) is 6.30. The maximum atomic E-state index is 13.8. The lowest BCUT2D eigenvalue weighted by atomic mass is 9.91. The fourth-order valence-corrected chi connectivity index (χ4v) is 8.41. The number of piperidine rings is 2. The second-order valence-electron chi connectivity index (χ2n) is 13.1. The van der Waals surface area contributed by atoms with Gasteiger partial charge in [-0.3, -0.25) is 9.59 Å².